The Morgan fingerprint density at radius 2 is 2.00 bits per heavy atom. The average Bonchev–Trinajstić information content (AvgIpc) is 3.29. The van der Waals surface area contributed by atoms with Crippen molar-refractivity contribution in [2.24, 2.45) is 5.41 Å². The molecule has 0 aliphatic carbocycles. The van der Waals surface area contributed by atoms with Gasteiger partial charge in [-0.05, 0) is 42.8 Å². The van der Waals surface area contributed by atoms with Crippen molar-refractivity contribution in [2.45, 2.75) is 6.92 Å². The van der Waals surface area contributed by atoms with Crippen LogP contribution in [0.25, 0.3) is 16.9 Å². The Kier molecular flexibility index (Phi) is 5.03. The molecule has 10 heteroatoms. The number of ether oxygens (including phenoxy) is 1. The van der Waals surface area contributed by atoms with Crippen LogP contribution in [0.1, 0.15) is 16.1 Å². The van der Waals surface area contributed by atoms with Gasteiger partial charge in [-0.2, -0.15) is 4.39 Å². The highest BCUT2D eigenvalue weighted by molar-refractivity contribution is 6.03. The van der Waals surface area contributed by atoms with Crippen LogP contribution in [0.5, 0.6) is 0 Å². The van der Waals surface area contributed by atoms with Crippen molar-refractivity contribution in [1.29, 1.82) is 0 Å². The molecule has 2 fully saturated rings. The van der Waals surface area contributed by atoms with Crippen LogP contribution < -0.4 is 10.2 Å². The van der Waals surface area contributed by atoms with Crippen molar-refractivity contribution in [3.8, 4) is 16.9 Å². The maximum absolute atomic E-state index is 13.4. The molecule has 3 aromatic heterocycles. The minimum atomic E-state index is -0.707. The third-order valence-corrected chi connectivity index (χ3v) is 6.41. The SMILES string of the molecule is Cc1ccc(NC(=O)c2cccc(F)n2)cc1-n1cc(-c2cncc(N3CC4(COC4)C3)c2)nn1. The van der Waals surface area contributed by atoms with E-state index in [1.807, 2.05) is 25.4 Å². The van der Waals surface area contributed by atoms with Crippen LogP contribution in [-0.4, -0.2) is 57.2 Å². The number of hydrogen-bond donors (Lipinski definition) is 1. The quantitative estimate of drug-likeness (QED) is 0.446. The lowest BCUT2D eigenvalue weighted by Gasteiger charge is -2.55. The van der Waals surface area contributed by atoms with Gasteiger partial charge in [-0.3, -0.25) is 9.78 Å². The van der Waals surface area contributed by atoms with Crippen molar-refractivity contribution in [3.63, 3.8) is 0 Å². The summed E-state index contributed by atoms with van der Waals surface area (Å²) in [6.07, 6.45) is 5.47. The smallest absolute Gasteiger partial charge is 0.274 e. The van der Waals surface area contributed by atoms with Crippen molar-refractivity contribution in [1.82, 2.24) is 25.0 Å². The van der Waals surface area contributed by atoms with Crippen LogP contribution in [0.15, 0.2) is 61.1 Å². The second kappa shape index (κ2) is 8.24. The van der Waals surface area contributed by atoms with Gasteiger partial charge in [0.05, 0.1) is 42.4 Å². The Hall–Kier alpha value is -4.18. The van der Waals surface area contributed by atoms with Crippen molar-refractivity contribution in [3.05, 3.63) is 78.3 Å². The summed E-state index contributed by atoms with van der Waals surface area (Å²) < 4.78 is 20.4. The topological polar surface area (TPSA) is 98.1 Å². The minimum absolute atomic E-state index is 0.000469. The fourth-order valence-electron chi connectivity index (χ4n) is 4.44. The molecule has 1 spiro atoms. The lowest BCUT2D eigenvalue weighted by Crippen LogP contribution is -2.66. The van der Waals surface area contributed by atoms with E-state index in [4.69, 9.17) is 4.74 Å². The van der Waals surface area contributed by atoms with E-state index in [-0.39, 0.29) is 5.69 Å². The van der Waals surface area contributed by atoms with Crippen LogP contribution in [0, 0.1) is 18.3 Å². The number of nitrogens with zero attached hydrogens (tertiary/aromatic N) is 6. The molecule has 6 rings (SSSR count). The third kappa shape index (κ3) is 4.01. The van der Waals surface area contributed by atoms with Gasteiger partial charge >= 0.3 is 0 Å². The number of aromatic nitrogens is 5. The predicted molar refractivity (Wildman–Crippen MR) is 127 cm³/mol. The summed E-state index contributed by atoms with van der Waals surface area (Å²) in [4.78, 5) is 22.8. The molecule has 0 saturated carbocycles. The summed E-state index contributed by atoms with van der Waals surface area (Å²) in [5.41, 5.74) is 5.19. The summed E-state index contributed by atoms with van der Waals surface area (Å²) in [6, 6.07) is 11.6. The summed E-state index contributed by atoms with van der Waals surface area (Å²) in [5, 5.41) is 11.4. The first-order valence-electron chi connectivity index (χ1n) is 11.2. The maximum atomic E-state index is 13.4. The van der Waals surface area contributed by atoms with E-state index in [1.54, 1.807) is 23.0 Å². The van der Waals surface area contributed by atoms with Gasteiger partial charge in [-0.1, -0.05) is 17.3 Å². The highest BCUT2D eigenvalue weighted by atomic mass is 19.1. The van der Waals surface area contributed by atoms with E-state index in [2.05, 4.69) is 36.6 Å². The van der Waals surface area contributed by atoms with E-state index < -0.39 is 11.9 Å². The fourth-order valence-corrected chi connectivity index (χ4v) is 4.44. The molecule has 5 heterocycles. The average molecular weight is 471 g/mol. The first-order valence-corrected chi connectivity index (χ1v) is 11.2. The van der Waals surface area contributed by atoms with Crippen LogP contribution in [0.4, 0.5) is 15.8 Å². The molecule has 0 radical (unpaired) electrons. The highest BCUT2D eigenvalue weighted by Crippen LogP contribution is 2.40. The van der Waals surface area contributed by atoms with Gasteiger partial charge in [0.2, 0.25) is 5.95 Å². The molecule has 0 unspecified atom stereocenters. The number of benzene rings is 1. The molecule has 2 saturated heterocycles. The number of nitrogens with one attached hydrogen (secondary N) is 1. The number of rotatable bonds is 5. The number of aryl methyl sites for hydroxylation is 1. The third-order valence-electron chi connectivity index (χ3n) is 6.41. The van der Waals surface area contributed by atoms with E-state index >= 15 is 0 Å². The molecule has 35 heavy (non-hydrogen) atoms. The van der Waals surface area contributed by atoms with Crippen LogP contribution in [0.2, 0.25) is 0 Å². The largest absolute Gasteiger partial charge is 0.380 e. The van der Waals surface area contributed by atoms with Crippen molar-refractivity contribution in [2.75, 3.05) is 36.5 Å². The zero-order chi connectivity index (χ0) is 24.0. The standard InChI is InChI=1S/C25H22FN7O2/c1-16-5-6-18(28-24(34)20-3-2-4-23(26)29-20)8-22(16)33-11-21(30-31-33)17-7-19(10-27-9-17)32-12-25(13-32)14-35-15-25/h2-11H,12-15H2,1H3,(H,28,34). The molecular weight excluding hydrogens is 449 g/mol. The summed E-state index contributed by atoms with van der Waals surface area (Å²) in [5.74, 6) is -1.20. The van der Waals surface area contributed by atoms with Gasteiger partial charge in [0.25, 0.3) is 5.91 Å². The van der Waals surface area contributed by atoms with Gasteiger partial charge in [0, 0.05) is 30.5 Å². The fraction of sp³-hybridized carbons (Fsp3) is 0.240. The van der Waals surface area contributed by atoms with Crippen LogP contribution in [0.3, 0.4) is 0 Å². The molecule has 176 valence electrons. The normalized spacial score (nSPS) is 16.0. The minimum Gasteiger partial charge on any atom is -0.380 e. The van der Waals surface area contributed by atoms with Gasteiger partial charge in [0.15, 0.2) is 0 Å². The first-order chi connectivity index (χ1) is 17.0. The Morgan fingerprint density at radius 3 is 2.77 bits per heavy atom. The predicted octanol–water partition coefficient (Wildman–Crippen LogP) is 3.26. The van der Waals surface area contributed by atoms with Crippen LogP contribution >= 0.6 is 0 Å². The lowest BCUT2D eigenvalue weighted by molar-refractivity contribution is -0.127. The van der Waals surface area contributed by atoms with E-state index in [0.29, 0.717) is 16.8 Å². The Morgan fingerprint density at radius 1 is 1.14 bits per heavy atom. The molecule has 0 atom stereocenters. The van der Waals surface area contributed by atoms with Crippen molar-refractivity contribution >= 4 is 17.3 Å². The van der Waals surface area contributed by atoms with Gasteiger partial charge in [-0.25, -0.2) is 9.67 Å². The zero-order valence-corrected chi connectivity index (χ0v) is 19.0. The van der Waals surface area contributed by atoms with E-state index in [1.165, 1.54) is 18.2 Å². The first kappa shape index (κ1) is 21.4. The zero-order valence-electron chi connectivity index (χ0n) is 19.0. The van der Waals surface area contributed by atoms with Crippen LogP contribution in [-0.2, 0) is 4.74 Å². The highest BCUT2D eigenvalue weighted by Gasteiger charge is 2.49. The second-order valence-corrected chi connectivity index (χ2v) is 9.13. The number of halogens is 1. The Bertz CT molecular complexity index is 1420. The molecule has 2 aliphatic heterocycles. The number of carbonyl (C=O) groups is 1. The molecule has 9 nitrogen and oxygen atoms in total. The monoisotopic (exact) mass is 471 g/mol. The summed E-state index contributed by atoms with van der Waals surface area (Å²) in [7, 11) is 0. The lowest BCUT2D eigenvalue weighted by atomic mass is 9.78. The summed E-state index contributed by atoms with van der Waals surface area (Å²) >= 11 is 0. The van der Waals surface area contributed by atoms with Crippen molar-refractivity contribution < 1.29 is 13.9 Å². The number of carbonyl (C=O) groups excluding carboxylic acids is 1. The molecule has 1 N–H and O–H groups in total. The van der Waals surface area contributed by atoms with Gasteiger partial charge in [-0.15, -0.1) is 5.10 Å². The van der Waals surface area contributed by atoms with Gasteiger partial charge in [0.1, 0.15) is 11.4 Å². The molecule has 1 aromatic carbocycles. The number of anilines is 2. The number of amides is 1. The Balaban J connectivity index is 1.22. The van der Waals surface area contributed by atoms with Gasteiger partial charge < -0.3 is 15.0 Å². The Labute approximate surface area is 200 Å². The number of pyridine rings is 2. The molecular formula is C25H22FN7O2. The van der Waals surface area contributed by atoms with E-state index in [0.717, 1.165) is 48.8 Å². The maximum Gasteiger partial charge on any atom is 0.274 e. The number of hydrogen-bond acceptors (Lipinski definition) is 7. The molecule has 0 bridgehead atoms. The second-order valence-electron chi connectivity index (χ2n) is 9.13. The van der Waals surface area contributed by atoms with E-state index in [9.17, 15) is 9.18 Å². The molecule has 1 amide bonds. The molecule has 2 aliphatic rings. The molecule has 4 aromatic rings. The summed E-state index contributed by atoms with van der Waals surface area (Å²) in [6.45, 7) is 5.58.